The van der Waals surface area contributed by atoms with Crippen LogP contribution in [0.25, 0.3) is 0 Å². The number of hydrogen-bond donors (Lipinski definition) is 1. The number of anilines is 1. The normalized spacial score (nSPS) is 11.0. The van der Waals surface area contributed by atoms with Crippen molar-refractivity contribution in [2.45, 2.75) is 26.4 Å². The van der Waals surface area contributed by atoms with Crippen LogP contribution in [0.1, 0.15) is 23.6 Å². The number of halogens is 1. The molecule has 0 amide bonds. The SMILES string of the molecule is CCc1ccc(CN(C)Cc2ccc(Cl)cc2N)cc1. The minimum absolute atomic E-state index is 0.684. The van der Waals surface area contributed by atoms with Crippen LogP contribution in [0, 0.1) is 0 Å². The third-order valence-electron chi connectivity index (χ3n) is 3.43. The summed E-state index contributed by atoms with van der Waals surface area (Å²) in [6.45, 7) is 3.90. The summed E-state index contributed by atoms with van der Waals surface area (Å²) in [6.07, 6.45) is 1.08. The highest BCUT2D eigenvalue weighted by atomic mass is 35.5. The Labute approximate surface area is 126 Å². The van der Waals surface area contributed by atoms with Gasteiger partial charge in [-0.2, -0.15) is 0 Å². The number of nitrogens with zero attached hydrogens (tertiary/aromatic N) is 1. The molecule has 0 unspecified atom stereocenters. The molecule has 0 atom stereocenters. The fraction of sp³-hybridized carbons (Fsp3) is 0.294. The summed E-state index contributed by atoms with van der Waals surface area (Å²) in [6, 6.07) is 14.5. The maximum atomic E-state index is 5.99. The number of rotatable bonds is 5. The average molecular weight is 289 g/mol. The first kappa shape index (κ1) is 14.9. The van der Waals surface area contributed by atoms with E-state index in [1.165, 1.54) is 11.1 Å². The maximum absolute atomic E-state index is 5.99. The zero-order valence-electron chi connectivity index (χ0n) is 12.1. The second kappa shape index (κ2) is 6.78. The van der Waals surface area contributed by atoms with Gasteiger partial charge in [0.1, 0.15) is 0 Å². The van der Waals surface area contributed by atoms with Crippen molar-refractivity contribution in [2.24, 2.45) is 0 Å². The lowest BCUT2D eigenvalue weighted by Crippen LogP contribution is -2.18. The topological polar surface area (TPSA) is 29.3 Å². The van der Waals surface area contributed by atoms with Gasteiger partial charge in [-0.15, -0.1) is 0 Å². The highest BCUT2D eigenvalue weighted by molar-refractivity contribution is 6.30. The molecule has 2 nitrogen and oxygen atoms in total. The molecular formula is C17H21ClN2. The summed E-state index contributed by atoms with van der Waals surface area (Å²) >= 11 is 5.92. The van der Waals surface area contributed by atoms with Gasteiger partial charge in [0.2, 0.25) is 0 Å². The van der Waals surface area contributed by atoms with E-state index in [-0.39, 0.29) is 0 Å². The minimum atomic E-state index is 0.684. The summed E-state index contributed by atoms with van der Waals surface area (Å²) in [7, 11) is 2.10. The van der Waals surface area contributed by atoms with Crippen molar-refractivity contribution in [1.82, 2.24) is 4.90 Å². The molecule has 0 bridgehead atoms. The molecule has 0 fully saturated rings. The monoisotopic (exact) mass is 288 g/mol. The van der Waals surface area contributed by atoms with Crippen molar-refractivity contribution in [2.75, 3.05) is 12.8 Å². The van der Waals surface area contributed by atoms with Gasteiger partial charge in [-0.1, -0.05) is 48.9 Å². The third kappa shape index (κ3) is 3.99. The first-order valence-corrected chi connectivity index (χ1v) is 7.26. The molecule has 106 valence electrons. The summed E-state index contributed by atoms with van der Waals surface area (Å²) in [5, 5.41) is 0.684. The molecule has 0 aromatic heterocycles. The number of nitrogen functional groups attached to an aromatic ring is 1. The van der Waals surface area contributed by atoms with Gasteiger partial charge in [0.05, 0.1) is 0 Å². The summed E-state index contributed by atoms with van der Waals surface area (Å²) in [5.74, 6) is 0. The minimum Gasteiger partial charge on any atom is -0.398 e. The largest absolute Gasteiger partial charge is 0.398 e. The highest BCUT2D eigenvalue weighted by Gasteiger charge is 2.05. The third-order valence-corrected chi connectivity index (χ3v) is 3.67. The van der Waals surface area contributed by atoms with Crippen LogP contribution >= 0.6 is 11.6 Å². The number of aryl methyl sites for hydroxylation is 1. The molecule has 20 heavy (non-hydrogen) atoms. The van der Waals surface area contributed by atoms with Gasteiger partial charge in [0.15, 0.2) is 0 Å². The van der Waals surface area contributed by atoms with Crippen LogP contribution in [-0.4, -0.2) is 11.9 Å². The Balaban J connectivity index is 1.99. The maximum Gasteiger partial charge on any atom is 0.0426 e. The molecule has 0 saturated carbocycles. The van der Waals surface area contributed by atoms with Crippen molar-refractivity contribution in [3.8, 4) is 0 Å². The van der Waals surface area contributed by atoms with Gasteiger partial charge in [-0.3, -0.25) is 4.90 Å². The van der Waals surface area contributed by atoms with Crippen LogP contribution in [-0.2, 0) is 19.5 Å². The van der Waals surface area contributed by atoms with Crippen LogP contribution in [0.2, 0.25) is 5.02 Å². The Bertz CT molecular complexity index is 564. The van der Waals surface area contributed by atoms with Crippen molar-refractivity contribution < 1.29 is 0 Å². The van der Waals surface area contributed by atoms with Crippen LogP contribution in [0.4, 0.5) is 5.69 Å². The zero-order valence-corrected chi connectivity index (χ0v) is 12.8. The molecule has 0 aliphatic heterocycles. The fourth-order valence-corrected chi connectivity index (χ4v) is 2.43. The summed E-state index contributed by atoms with van der Waals surface area (Å²) in [4.78, 5) is 2.25. The lowest BCUT2D eigenvalue weighted by Gasteiger charge is -2.18. The predicted octanol–water partition coefficient (Wildman–Crippen LogP) is 4.12. The van der Waals surface area contributed by atoms with Crippen LogP contribution in [0.3, 0.4) is 0 Å². The molecule has 0 radical (unpaired) electrons. The van der Waals surface area contributed by atoms with Crippen molar-refractivity contribution >= 4 is 17.3 Å². The van der Waals surface area contributed by atoms with Gasteiger partial charge in [0.25, 0.3) is 0 Å². The van der Waals surface area contributed by atoms with Gasteiger partial charge in [-0.05, 0) is 42.3 Å². The van der Waals surface area contributed by atoms with Crippen LogP contribution in [0.15, 0.2) is 42.5 Å². The molecule has 2 aromatic carbocycles. The lowest BCUT2D eigenvalue weighted by molar-refractivity contribution is 0.319. The Hall–Kier alpha value is -1.51. The predicted molar refractivity (Wildman–Crippen MR) is 86.9 cm³/mol. The Morgan fingerprint density at radius 2 is 1.65 bits per heavy atom. The molecule has 2 aromatic rings. The van der Waals surface area contributed by atoms with Crippen LogP contribution < -0.4 is 5.73 Å². The second-order valence-electron chi connectivity index (χ2n) is 5.19. The van der Waals surface area contributed by atoms with Crippen molar-refractivity contribution in [3.63, 3.8) is 0 Å². The van der Waals surface area contributed by atoms with Crippen molar-refractivity contribution in [3.05, 3.63) is 64.2 Å². The summed E-state index contributed by atoms with van der Waals surface area (Å²) in [5.41, 5.74) is 10.5. The molecule has 2 N–H and O–H groups in total. The van der Waals surface area contributed by atoms with E-state index in [9.17, 15) is 0 Å². The zero-order chi connectivity index (χ0) is 14.5. The van der Waals surface area contributed by atoms with E-state index in [1.54, 1.807) is 6.07 Å². The highest BCUT2D eigenvalue weighted by Crippen LogP contribution is 2.20. The molecule has 0 saturated heterocycles. The van der Waals surface area contributed by atoms with E-state index in [1.807, 2.05) is 12.1 Å². The number of nitrogens with two attached hydrogens (primary N) is 1. The smallest absolute Gasteiger partial charge is 0.0426 e. The fourth-order valence-electron chi connectivity index (χ4n) is 2.25. The molecule has 0 heterocycles. The van der Waals surface area contributed by atoms with Crippen LogP contribution in [0.5, 0.6) is 0 Å². The molecule has 0 spiro atoms. The number of benzene rings is 2. The average Bonchev–Trinajstić information content (AvgIpc) is 2.43. The quantitative estimate of drug-likeness (QED) is 0.839. The Morgan fingerprint density at radius 3 is 2.25 bits per heavy atom. The van der Waals surface area contributed by atoms with Crippen molar-refractivity contribution in [1.29, 1.82) is 0 Å². The summed E-state index contributed by atoms with van der Waals surface area (Å²) < 4.78 is 0. The molecule has 0 aliphatic rings. The van der Waals surface area contributed by atoms with E-state index in [0.717, 1.165) is 30.8 Å². The lowest BCUT2D eigenvalue weighted by atomic mass is 10.1. The Morgan fingerprint density at radius 1 is 1.00 bits per heavy atom. The first-order chi connectivity index (χ1) is 9.58. The van der Waals surface area contributed by atoms with E-state index < -0.39 is 0 Å². The van der Waals surface area contributed by atoms with Gasteiger partial charge >= 0.3 is 0 Å². The van der Waals surface area contributed by atoms with E-state index in [2.05, 4.69) is 43.1 Å². The van der Waals surface area contributed by atoms with E-state index in [4.69, 9.17) is 17.3 Å². The number of hydrogen-bond acceptors (Lipinski definition) is 2. The van der Waals surface area contributed by atoms with E-state index >= 15 is 0 Å². The van der Waals surface area contributed by atoms with E-state index in [0.29, 0.717) is 5.02 Å². The molecule has 2 rings (SSSR count). The first-order valence-electron chi connectivity index (χ1n) is 6.88. The second-order valence-corrected chi connectivity index (χ2v) is 5.62. The van der Waals surface area contributed by atoms with Gasteiger partial charge < -0.3 is 5.73 Å². The van der Waals surface area contributed by atoms with Gasteiger partial charge in [-0.25, -0.2) is 0 Å². The Kier molecular flexibility index (Phi) is 5.05. The molecular weight excluding hydrogens is 268 g/mol. The standard InChI is InChI=1S/C17H21ClN2/c1-3-13-4-6-14(7-5-13)11-20(2)12-15-8-9-16(18)10-17(15)19/h4-10H,3,11-12,19H2,1-2H3. The van der Waals surface area contributed by atoms with Gasteiger partial charge in [0, 0.05) is 23.8 Å². The molecule has 0 aliphatic carbocycles. The molecule has 3 heteroatoms.